The van der Waals surface area contributed by atoms with Crippen LogP contribution in [0.15, 0.2) is 75.4 Å². The van der Waals surface area contributed by atoms with E-state index in [9.17, 15) is 24.6 Å². The van der Waals surface area contributed by atoms with Crippen molar-refractivity contribution in [1.82, 2.24) is 16.1 Å². The molecule has 42 heavy (non-hydrogen) atoms. The number of amides is 2. The third-order valence-electron chi connectivity index (χ3n) is 6.11. The molecular formula is C29H30N4O9. The minimum atomic E-state index is -1.20. The number of carboxylic acid groups (broad SMARTS) is 1. The number of hydrogen-bond donors (Lipinski definition) is 5. The van der Waals surface area contributed by atoms with Crippen molar-refractivity contribution in [2.75, 3.05) is 20.3 Å². The Morgan fingerprint density at radius 3 is 2.69 bits per heavy atom. The number of urea groups is 1. The average Bonchev–Trinajstić information content (AvgIpc) is 3.45. The number of methoxy groups -OCH3 is 1. The lowest BCUT2D eigenvalue weighted by Crippen LogP contribution is -2.45. The quantitative estimate of drug-likeness (QED) is 0.0927. The van der Waals surface area contributed by atoms with Crippen molar-refractivity contribution in [2.45, 2.75) is 26.1 Å². The fourth-order valence-electron chi connectivity index (χ4n) is 4.19. The SMILES string of the molecule is CCOc1cc([C@H]2NC(=O)NC(C)=C2C(=O)OC)ccc1OC[C@@H](O)N/N=C/c1ccc(-c2cccc(C(=O)O)c2)o1. The van der Waals surface area contributed by atoms with E-state index in [4.69, 9.17) is 18.6 Å². The largest absolute Gasteiger partial charge is 0.490 e. The third kappa shape index (κ3) is 7.06. The summed E-state index contributed by atoms with van der Waals surface area (Å²) in [5.41, 5.74) is 4.47. The zero-order valence-electron chi connectivity index (χ0n) is 23.0. The van der Waals surface area contributed by atoms with Gasteiger partial charge in [0.25, 0.3) is 0 Å². The highest BCUT2D eigenvalue weighted by molar-refractivity contribution is 5.95. The maximum absolute atomic E-state index is 12.4. The molecule has 0 spiro atoms. The van der Waals surface area contributed by atoms with Crippen LogP contribution in [0.4, 0.5) is 4.79 Å². The molecular weight excluding hydrogens is 548 g/mol. The Balaban J connectivity index is 1.39. The number of nitrogens with one attached hydrogen (secondary N) is 3. The molecule has 13 nitrogen and oxygen atoms in total. The number of aliphatic hydroxyl groups excluding tert-OH is 1. The summed E-state index contributed by atoms with van der Waals surface area (Å²) in [5.74, 6) is -0.119. The van der Waals surface area contributed by atoms with Crippen LogP contribution in [0.25, 0.3) is 11.3 Å². The monoisotopic (exact) mass is 578 g/mol. The number of rotatable bonds is 12. The summed E-state index contributed by atoms with van der Waals surface area (Å²) in [5, 5.41) is 28.8. The number of hydrogen-bond acceptors (Lipinski definition) is 10. The van der Waals surface area contributed by atoms with Gasteiger partial charge in [0.05, 0.1) is 37.1 Å². The standard InChI is InChI=1S/C29H30N4O9/c1-4-40-23-13-18(26-25(28(37)39-3)16(2)31-29(38)32-26)8-10-22(23)41-15-24(34)33-30-14-20-9-11-21(42-20)17-6-5-7-19(12-17)27(35)36/h5-14,24,26,33-34H,4,15H2,1-3H3,(H,35,36)(H2,31,32,38)/b30-14+/t24-,26-/m1/s1. The van der Waals surface area contributed by atoms with Crippen molar-refractivity contribution in [3.05, 3.63) is 82.8 Å². The highest BCUT2D eigenvalue weighted by Crippen LogP contribution is 2.35. The van der Waals surface area contributed by atoms with Crippen molar-refractivity contribution in [2.24, 2.45) is 5.10 Å². The van der Waals surface area contributed by atoms with Crippen molar-refractivity contribution in [3.8, 4) is 22.8 Å². The molecule has 0 bridgehead atoms. The lowest BCUT2D eigenvalue weighted by atomic mass is 9.95. The number of aromatic carboxylic acids is 1. The molecule has 0 fully saturated rings. The summed E-state index contributed by atoms with van der Waals surface area (Å²) >= 11 is 0. The molecule has 2 atom stereocenters. The molecule has 0 unspecified atom stereocenters. The minimum Gasteiger partial charge on any atom is -0.490 e. The van der Waals surface area contributed by atoms with E-state index >= 15 is 0 Å². The van der Waals surface area contributed by atoms with Crippen molar-refractivity contribution in [3.63, 3.8) is 0 Å². The van der Waals surface area contributed by atoms with Crippen LogP contribution in [0, 0.1) is 0 Å². The van der Waals surface area contributed by atoms with Crippen LogP contribution < -0.4 is 25.5 Å². The van der Waals surface area contributed by atoms with Gasteiger partial charge in [0.1, 0.15) is 18.1 Å². The molecule has 1 aromatic heterocycles. The Hall–Kier alpha value is -5.30. The van der Waals surface area contributed by atoms with E-state index < -0.39 is 30.2 Å². The Morgan fingerprint density at radius 2 is 1.95 bits per heavy atom. The second-order valence-corrected chi connectivity index (χ2v) is 9.00. The Bertz CT molecular complexity index is 1530. The number of carboxylic acids is 1. The number of allylic oxidation sites excluding steroid dienone is 1. The number of nitrogens with zero attached hydrogens (tertiary/aromatic N) is 1. The van der Waals surface area contributed by atoms with Gasteiger partial charge in [-0.15, -0.1) is 0 Å². The van der Waals surface area contributed by atoms with Gasteiger partial charge in [-0.1, -0.05) is 18.2 Å². The zero-order chi connectivity index (χ0) is 30.2. The molecule has 0 saturated carbocycles. The van der Waals surface area contributed by atoms with Gasteiger partial charge in [-0.2, -0.15) is 5.10 Å². The second-order valence-electron chi connectivity index (χ2n) is 9.00. The molecule has 0 aliphatic carbocycles. The minimum absolute atomic E-state index is 0.141. The normalized spacial score (nSPS) is 15.5. The second kappa shape index (κ2) is 13.4. The number of aliphatic hydroxyl groups is 1. The lowest BCUT2D eigenvalue weighted by molar-refractivity contribution is -0.136. The number of benzene rings is 2. The van der Waals surface area contributed by atoms with E-state index in [1.807, 2.05) is 0 Å². The number of carbonyl (C=O) groups excluding carboxylic acids is 2. The smallest absolute Gasteiger partial charge is 0.337 e. The molecule has 0 saturated heterocycles. The van der Waals surface area contributed by atoms with Crippen LogP contribution in [-0.2, 0) is 9.53 Å². The third-order valence-corrected chi connectivity index (χ3v) is 6.11. The summed E-state index contributed by atoms with van der Waals surface area (Å²) in [6.07, 6.45) is 0.160. The summed E-state index contributed by atoms with van der Waals surface area (Å²) < 4.78 is 22.0. The van der Waals surface area contributed by atoms with Gasteiger partial charge in [-0.3, -0.25) is 5.43 Å². The first-order valence-electron chi connectivity index (χ1n) is 12.9. The maximum Gasteiger partial charge on any atom is 0.337 e. The van der Waals surface area contributed by atoms with E-state index in [-0.39, 0.29) is 17.7 Å². The van der Waals surface area contributed by atoms with Crippen LogP contribution in [0.3, 0.4) is 0 Å². The number of ether oxygens (including phenoxy) is 3. The first kappa shape index (κ1) is 29.7. The van der Waals surface area contributed by atoms with Gasteiger partial charge in [0, 0.05) is 11.3 Å². The number of furan rings is 1. The molecule has 13 heteroatoms. The van der Waals surface area contributed by atoms with Crippen molar-refractivity contribution >= 4 is 24.2 Å². The van der Waals surface area contributed by atoms with Gasteiger partial charge in [0.15, 0.2) is 17.7 Å². The molecule has 2 amide bonds. The predicted molar refractivity (Wildman–Crippen MR) is 150 cm³/mol. The van der Waals surface area contributed by atoms with Crippen LogP contribution in [0.2, 0.25) is 0 Å². The van der Waals surface area contributed by atoms with Gasteiger partial charge in [-0.05, 0) is 55.8 Å². The first-order valence-corrected chi connectivity index (χ1v) is 12.9. The maximum atomic E-state index is 12.4. The van der Waals surface area contributed by atoms with E-state index in [0.717, 1.165) is 0 Å². The average molecular weight is 579 g/mol. The summed E-state index contributed by atoms with van der Waals surface area (Å²) in [7, 11) is 1.26. The summed E-state index contributed by atoms with van der Waals surface area (Å²) in [6.45, 7) is 3.52. The first-order chi connectivity index (χ1) is 20.2. The molecule has 1 aliphatic rings. The molecule has 3 aromatic rings. The highest BCUT2D eigenvalue weighted by atomic mass is 16.5. The fraction of sp³-hybridized carbons (Fsp3) is 0.241. The van der Waals surface area contributed by atoms with E-state index in [0.29, 0.717) is 46.5 Å². The van der Waals surface area contributed by atoms with E-state index in [2.05, 4.69) is 21.2 Å². The van der Waals surface area contributed by atoms with Crippen LogP contribution >= 0.6 is 0 Å². The topological polar surface area (TPSA) is 181 Å². The lowest BCUT2D eigenvalue weighted by Gasteiger charge is -2.28. The Labute approximate surface area is 240 Å². The summed E-state index contributed by atoms with van der Waals surface area (Å²) in [4.78, 5) is 35.7. The predicted octanol–water partition coefficient (Wildman–Crippen LogP) is 3.17. The Kier molecular flexibility index (Phi) is 9.45. The van der Waals surface area contributed by atoms with Crippen LogP contribution in [0.1, 0.15) is 41.6 Å². The van der Waals surface area contributed by atoms with E-state index in [1.165, 1.54) is 25.5 Å². The van der Waals surface area contributed by atoms with Gasteiger partial charge < -0.3 is 39.5 Å². The van der Waals surface area contributed by atoms with Crippen LogP contribution in [-0.4, -0.2) is 60.9 Å². The van der Waals surface area contributed by atoms with Crippen molar-refractivity contribution in [1.29, 1.82) is 0 Å². The summed E-state index contributed by atoms with van der Waals surface area (Å²) in [6, 6.07) is 13.4. The molecule has 2 aromatic carbocycles. The fourth-order valence-corrected chi connectivity index (χ4v) is 4.19. The molecule has 2 heterocycles. The molecule has 220 valence electrons. The highest BCUT2D eigenvalue weighted by Gasteiger charge is 2.32. The zero-order valence-corrected chi connectivity index (χ0v) is 23.0. The molecule has 4 rings (SSSR count). The van der Waals surface area contributed by atoms with Crippen LogP contribution in [0.5, 0.6) is 11.5 Å². The van der Waals surface area contributed by atoms with E-state index in [1.54, 1.807) is 56.3 Å². The molecule has 5 N–H and O–H groups in total. The Morgan fingerprint density at radius 1 is 1.14 bits per heavy atom. The molecule has 0 radical (unpaired) electrons. The number of esters is 1. The molecule has 1 aliphatic heterocycles. The van der Waals surface area contributed by atoms with Gasteiger partial charge in [-0.25, -0.2) is 14.4 Å². The van der Waals surface area contributed by atoms with Gasteiger partial charge >= 0.3 is 18.0 Å². The number of hydrazone groups is 1. The number of carbonyl (C=O) groups is 3. The van der Waals surface area contributed by atoms with Gasteiger partial charge in [0.2, 0.25) is 0 Å². The van der Waals surface area contributed by atoms with Crippen molar-refractivity contribution < 1.29 is 43.2 Å².